The normalized spacial score (nSPS) is 50.3. The van der Waals surface area contributed by atoms with Crippen molar-refractivity contribution in [2.24, 2.45) is 21.7 Å². The number of amides is 2. The fraction of sp³-hybridized carbons (Fsp3) is 0.900. The predicted molar refractivity (Wildman–Crippen MR) is 93.2 cm³/mol. The van der Waals surface area contributed by atoms with E-state index in [1.165, 1.54) is 19.3 Å². The van der Waals surface area contributed by atoms with Crippen LogP contribution in [-0.4, -0.2) is 24.4 Å². The monoisotopic (exact) mass is 332 g/mol. The van der Waals surface area contributed by atoms with Gasteiger partial charge in [-0.2, -0.15) is 0 Å². The first-order chi connectivity index (χ1) is 11.2. The van der Waals surface area contributed by atoms with Crippen LogP contribution in [0.15, 0.2) is 0 Å². The van der Waals surface area contributed by atoms with Crippen LogP contribution in [0.1, 0.15) is 78.6 Å². The third-order valence-corrected chi connectivity index (χ3v) is 7.18. The Kier molecular flexibility index (Phi) is 3.41. The van der Waals surface area contributed by atoms with Gasteiger partial charge in [0, 0.05) is 6.54 Å². The molecule has 0 aromatic rings. The summed E-state index contributed by atoms with van der Waals surface area (Å²) >= 11 is 0. The minimum atomic E-state index is -0.332. The zero-order chi connectivity index (χ0) is 17.2. The van der Waals surface area contributed by atoms with Crippen LogP contribution in [-0.2, 0) is 9.59 Å². The van der Waals surface area contributed by atoms with E-state index in [4.69, 9.17) is 0 Å². The lowest BCUT2D eigenvalue weighted by atomic mass is 9.36. The molecule has 1 atom stereocenters. The van der Waals surface area contributed by atoms with Crippen molar-refractivity contribution in [1.82, 2.24) is 10.6 Å². The van der Waals surface area contributed by atoms with Gasteiger partial charge in [-0.3, -0.25) is 9.59 Å². The highest BCUT2D eigenvalue weighted by molar-refractivity contribution is 5.90. The van der Waals surface area contributed by atoms with E-state index in [1.807, 2.05) is 0 Å². The van der Waals surface area contributed by atoms with E-state index in [1.54, 1.807) is 0 Å². The van der Waals surface area contributed by atoms with Crippen LogP contribution < -0.4 is 10.6 Å². The van der Waals surface area contributed by atoms with Crippen molar-refractivity contribution in [3.63, 3.8) is 0 Å². The van der Waals surface area contributed by atoms with Crippen molar-refractivity contribution in [3.05, 3.63) is 0 Å². The summed E-state index contributed by atoms with van der Waals surface area (Å²) in [6.07, 6.45) is 9.58. The highest BCUT2D eigenvalue weighted by atomic mass is 16.2. The van der Waals surface area contributed by atoms with Crippen molar-refractivity contribution in [2.45, 2.75) is 84.6 Å². The van der Waals surface area contributed by atoms with Crippen LogP contribution in [0.5, 0.6) is 0 Å². The van der Waals surface area contributed by atoms with Crippen molar-refractivity contribution in [3.8, 4) is 0 Å². The Labute approximate surface area is 145 Å². The zero-order valence-corrected chi connectivity index (χ0v) is 15.5. The van der Waals surface area contributed by atoms with Gasteiger partial charge in [0.1, 0.15) is 6.04 Å². The minimum Gasteiger partial charge on any atom is -0.354 e. The van der Waals surface area contributed by atoms with E-state index < -0.39 is 0 Å². The molecule has 0 spiro atoms. The molecule has 24 heavy (non-hydrogen) atoms. The maximum Gasteiger partial charge on any atom is 0.242 e. The average Bonchev–Trinajstić information content (AvgIpc) is 2.58. The van der Waals surface area contributed by atoms with Gasteiger partial charge < -0.3 is 10.6 Å². The fourth-order valence-electron chi connectivity index (χ4n) is 7.92. The SMILES string of the molecule is CC12CC3(C)CC(C)(C1)CC(C(=O)N[C@H]1CCCCNC1=O)(C2)C3. The third kappa shape index (κ3) is 2.57. The molecule has 1 saturated heterocycles. The molecule has 4 saturated carbocycles. The molecular weight excluding hydrogens is 300 g/mol. The van der Waals surface area contributed by atoms with Crippen molar-refractivity contribution < 1.29 is 9.59 Å². The van der Waals surface area contributed by atoms with Crippen LogP contribution in [0.3, 0.4) is 0 Å². The smallest absolute Gasteiger partial charge is 0.242 e. The first kappa shape index (κ1) is 16.4. The second-order valence-corrected chi connectivity index (χ2v) is 10.6. The summed E-state index contributed by atoms with van der Waals surface area (Å²) in [5.74, 6) is 0.168. The maximum absolute atomic E-state index is 13.4. The highest BCUT2D eigenvalue weighted by Gasteiger charge is 2.66. The highest BCUT2D eigenvalue weighted by Crippen LogP contribution is 2.73. The number of nitrogens with one attached hydrogen (secondary N) is 2. The van der Waals surface area contributed by atoms with Crippen LogP contribution in [0.2, 0.25) is 0 Å². The van der Waals surface area contributed by atoms with Crippen molar-refractivity contribution in [1.29, 1.82) is 0 Å². The molecule has 2 amide bonds. The van der Waals surface area contributed by atoms with E-state index in [0.29, 0.717) is 16.2 Å². The average molecular weight is 332 g/mol. The Balaban J connectivity index is 1.58. The summed E-state index contributed by atoms with van der Waals surface area (Å²) in [5.41, 5.74) is 0.628. The van der Waals surface area contributed by atoms with Crippen LogP contribution in [0, 0.1) is 21.7 Å². The Hall–Kier alpha value is -1.06. The van der Waals surface area contributed by atoms with E-state index in [2.05, 4.69) is 31.4 Å². The first-order valence-electron chi connectivity index (χ1n) is 9.74. The molecule has 0 unspecified atom stereocenters. The Morgan fingerprint density at radius 1 is 0.958 bits per heavy atom. The molecule has 5 aliphatic rings. The lowest BCUT2D eigenvalue weighted by Crippen LogP contribution is -2.64. The molecule has 4 nitrogen and oxygen atoms in total. The molecule has 1 aliphatic heterocycles. The third-order valence-electron chi connectivity index (χ3n) is 7.18. The van der Waals surface area contributed by atoms with Gasteiger partial charge in [-0.15, -0.1) is 0 Å². The van der Waals surface area contributed by atoms with Gasteiger partial charge in [0.05, 0.1) is 5.41 Å². The van der Waals surface area contributed by atoms with Crippen LogP contribution in [0.25, 0.3) is 0 Å². The van der Waals surface area contributed by atoms with E-state index in [0.717, 1.165) is 45.1 Å². The molecule has 1 heterocycles. The molecule has 2 N–H and O–H groups in total. The lowest BCUT2D eigenvalue weighted by Gasteiger charge is -2.68. The second-order valence-electron chi connectivity index (χ2n) is 10.6. The summed E-state index contributed by atoms with van der Waals surface area (Å²) < 4.78 is 0. The Bertz CT molecular complexity index is 531. The van der Waals surface area contributed by atoms with E-state index >= 15 is 0 Å². The molecule has 4 bridgehead atoms. The van der Waals surface area contributed by atoms with E-state index in [9.17, 15) is 9.59 Å². The van der Waals surface area contributed by atoms with Gasteiger partial charge in [-0.25, -0.2) is 0 Å². The Morgan fingerprint density at radius 2 is 1.50 bits per heavy atom. The largest absolute Gasteiger partial charge is 0.354 e. The molecule has 0 radical (unpaired) electrons. The van der Waals surface area contributed by atoms with Crippen molar-refractivity contribution >= 4 is 11.8 Å². The van der Waals surface area contributed by atoms with E-state index in [-0.39, 0.29) is 23.3 Å². The number of carbonyl (C=O) groups is 2. The quantitative estimate of drug-likeness (QED) is 0.816. The minimum absolute atomic E-state index is 0.00853. The van der Waals surface area contributed by atoms with Crippen LogP contribution >= 0.6 is 0 Å². The molecule has 5 rings (SSSR count). The Morgan fingerprint density at radius 3 is 2.04 bits per heavy atom. The fourth-order valence-corrected chi connectivity index (χ4v) is 7.92. The molecule has 4 heteroatoms. The molecule has 0 aromatic carbocycles. The second kappa shape index (κ2) is 4.98. The molecule has 0 aromatic heterocycles. The number of carbonyl (C=O) groups excluding carboxylic acids is 2. The summed E-state index contributed by atoms with van der Waals surface area (Å²) in [4.78, 5) is 25.6. The standard InChI is InChI=1S/C20H32N2O2/c1-17-8-18(2)10-19(3,9-17)13-20(11-17,12-18)16(24)22-14-6-4-5-7-21-15(14)23/h14H,4-13H2,1-3H3,(H,21,23)(H,22,24)/t14-,17?,18?,19?,20?/m0/s1. The van der Waals surface area contributed by atoms with Crippen LogP contribution in [0.4, 0.5) is 0 Å². The molecular formula is C20H32N2O2. The number of rotatable bonds is 2. The first-order valence-corrected chi connectivity index (χ1v) is 9.74. The summed E-state index contributed by atoms with van der Waals surface area (Å²) in [5, 5.41) is 6.11. The van der Waals surface area contributed by atoms with Crippen molar-refractivity contribution in [2.75, 3.05) is 6.54 Å². The summed E-state index contributed by atoms with van der Waals surface area (Å²) in [6, 6.07) is -0.332. The summed E-state index contributed by atoms with van der Waals surface area (Å²) in [6.45, 7) is 7.91. The van der Waals surface area contributed by atoms with Gasteiger partial charge in [0.15, 0.2) is 0 Å². The predicted octanol–water partition coefficient (Wildman–Crippen LogP) is 3.16. The maximum atomic E-state index is 13.4. The lowest BCUT2D eigenvalue weighted by molar-refractivity contribution is -0.192. The molecule has 134 valence electrons. The molecule has 4 aliphatic carbocycles. The summed E-state index contributed by atoms with van der Waals surface area (Å²) in [7, 11) is 0. The number of hydrogen-bond acceptors (Lipinski definition) is 2. The topological polar surface area (TPSA) is 58.2 Å². The van der Waals surface area contributed by atoms with Gasteiger partial charge in [-0.05, 0) is 74.0 Å². The number of hydrogen-bond donors (Lipinski definition) is 2. The van der Waals surface area contributed by atoms with Gasteiger partial charge in [0.25, 0.3) is 0 Å². The zero-order valence-electron chi connectivity index (χ0n) is 15.5. The van der Waals surface area contributed by atoms with Gasteiger partial charge in [0.2, 0.25) is 11.8 Å². The molecule has 5 fully saturated rings. The van der Waals surface area contributed by atoms with Gasteiger partial charge in [-0.1, -0.05) is 20.8 Å². The van der Waals surface area contributed by atoms with Gasteiger partial charge >= 0.3 is 0 Å².